The quantitative estimate of drug-likeness (QED) is 0.0449. The predicted octanol–water partition coefficient (Wildman–Crippen LogP) is 15.4. The Balaban J connectivity index is 0.971. The minimum Gasteiger partial charge on any atom is -0.374 e. The van der Waals surface area contributed by atoms with Crippen LogP contribution in [0.3, 0.4) is 0 Å². The van der Waals surface area contributed by atoms with E-state index in [1.807, 2.05) is 96.7 Å². The third kappa shape index (κ3) is 18.1. The van der Waals surface area contributed by atoms with Gasteiger partial charge in [-0.25, -0.2) is 0 Å². The molecule has 4 fully saturated rings. The molecular weight excluding hydrogens is 1080 g/mol. The van der Waals surface area contributed by atoms with Crippen molar-refractivity contribution < 1.29 is 47.4 Å². The highest BCUT2D eigenvalue weighted by molar-refractivity contribution is 8.00. The molecule has 2 aliphatic carbocycles. The second-order valence-electron chi connectivity index (χ2n) is 23.4. The first kappa shape index (κ1) is 61.1. The van der Waals surface area contributed by atoms with E-state index < -0.39 is 60.6 Å². The molecule has 2 heterocycles. The highest BCUT2D eigenvalue weighted by atomic mass is 32.2. The van der Waals surface area contributed by atoms with Gasteiger partial charge in [0.2, 0.25) is 0 Å². The molecule has 0 aromatic heterocycles. The lowest BCUT2D eigenvalue weighted by Crippen LogP contribution is -2.63. The van der Waals surface area contributed by atoms with E-state index in [1.165, 1.54) is 64.2 Å². The first-order valence-corrected chi connectivity index (χ1v) is 32.2. The van der Waals surface area contributed by atoms with Crippen molar-refractivity contribution in [2.75, 3.05) is 13.2 Å². The summed E-state index contributed by atoms with van der Waals surface area (Å²) in [6.07, 6.45) is 6.57. The Kier molecular flexibility index (Phi) is 23.7. The number of hydrogen-bond acceptors (Lipinski definition) is 11. The van der Waals surface area contributed by atoms with Gasteiger partial charge in [0.05, 0.1) is 59.5 Å². The van der Waals surface area contributed by atoms with Crippen LogP contribution in [0, 0.1) is 11.8 Å². The number of rotatable bonds is 29. The molecule has 85 heavy (non-hydrogen) atoms. The molecule has 0 unspecified atom stereocenters. The van der Waals surface area contributed by atoms with Crippen LogP contribution in [0.25, 0.3) is 0 Å². The highest BCUT2D eigenvalue weighted by Crippen LogP contribution is 2.47. The lowest BCUT2D eigenvalue weighted by Gasteiger charge is -2.49. The minimum atomic E-state index is -0.969. The molecule has 0 radical (unpaired) electrons. The monoisotopic (exact) mass is 1170 g/mol. The number of hydrogen-bond donors (Lipinski definition) is 0. The largest absolute Gasteiger partial charge is 0.374 e. The van der Waals surface area contributed by atoms with Gasteiger partial charge in [-0.15, -0.1) is 11.8 Å². The maximum atomic E-state index is 7.75. The summed E-state index contributed by atoms with van der Waals surface area (Å²) in [5.74, 6) is 1.18. The van der Waals surface area contributed by atoms with Crippen LogP contribution in [0.2, 0.25) is 0 Å². The smallest absolute Gasteiger partial charge is 0.187 e. The van der Waals surface area contributed by atoms with E-state index >= 15 is 0 Å². The molecule has 7 aromatic rings. The molecule has 10 nitrogen and oxygen atoms in total. The van der Waals surface area contributed by atoms with Crippen molar-refractivity contribution in [1.29, 1.82) is 0 Å². The van der Waals surface area contributed by atoms with Gasteiger partial charge in [0.25, 0.3) is 0 Å². The molecule has 0 amide bonds. The van der Waals surface area contributed by atoms with Crippen molar-refractivity contribution in [2.24, 2.45) is 11.8 Å². The first-order chi connectivity index (χ1) is 42.2. The molecule has 2 saturated carbocycles. The standard InChI is InChI=1S/C74H86O10S/c1-10-28-55(29-11-1)46-75-53-64-66(76-47-56-30-12-2-13-31-56)68(78-49-58-34-16-4-17-35-58)70(80-51-60-38-20-6-21-39-60)73(83-64)82-54-65-67(77-48-57-32-14-3-15-33-57)69(79-50-59-36-18-5-19-37-59)71(81-52-61-40-22-7-23-41-61)74(84-65)85-72(62-42-24-8-25-43-62)63-44-26-9-27-45-63/h1-7,10-23,28-41,62-74H,8-9,24-27,42-54H2/t64-,65-,66-,67-,68+,69+,70-,71-,73+,74-/m1/s1. The van der Waals surface area contributed by atoms with Crippen molar-refractivity contribution in [3.8, 4) is 0 Å². The lowest BCUT2D eigenvalue weighted by molar-refractivity contribution is -0.337. The molecular formula is C74H86O10S. The maximum absolute atomic E-state index is 7.75. The summed E-state index contributed by atoms with van der Waals surface area (Å²) < 4.78 is 72.4. The number of ether oxygens (including phenoxy) is 10. The van der Waals surface area contributed by atoms with Crippen molar-refractivity contribution in [3.63, 3.8) is 0 Å². The van der Waals surface area contributed by atoms with Crippen LogP contribution in [-0.4, -0.2) is 79.0 Å². The lowest BCUT2D eigenvalue weighted by atomic mass is 9.77. The van der Waals surface area contributed by atoms with Gasteiger partial charge in [0, 0.05) is 5.25 Å². The van der Waals surface area contributed by atoms with Crippen LogP contribution in [0.1, 0.15) is 103 Å². The van der Waals surface area contributed by atoms with Gasteiger partial charge in [-0.2, -0.15) is 0 Å². The Morgan fingerprint density at radius 2 is 0.612 bits per heavy atom. The summed E-state index contributed by atoms with van der Waals surface area (Å²) in [6, 6.07) is 72.2. The fourth-order valence-electron chi connectivity index (χ4n) is 12.7. The molecule has 0 spiro atoms. The molecule has 0 bridgehead atoms. The third-order valence-electron chi connectivity index (χ3n) is 17.2. The second kappa shape index (κ2) is 33.0. The fraction of sp³-hybridized carbons (Fsp3) is 0.432. The fourth-order valence-corrected chi connectivity index (χ4v) is 14.6. The van der Waals surface area contributed by atoms with E-state index in [-0.39, 0.29) is 19.8 Å². The van der Waals surface area contributed by atoms with Gasteiger partial charge >= 0.3 is 0 Å². The van der Waals surface area contributed by atoms with E-state index in [1.54, 1.807) is 0 Å². The van der Waals surface area contributed by atoms with E-state index in [0.29, 0.717) is 56.7 Å². The average molecular weight is 1170 g/mol. The zero-order valence-corrected chi connectivity index (χ0v) is 50.0. The van der Waals surface area contributed by atoms with Crippen LogP contribution < -0.4 is 0 Å². The van der Waals surface area contributed by atoms with Crippen molar-refractivity contribution in [3.05, 3.63) is 251 Å². The minimum absolute atomic E-state index is 0.0824. The molecule has 448 valence electrons. The number of thioether (sulfide) groups is 1. The van der Waals surface area contributed by atoms with E-state index in [9.17, 15) is 0 Å². The molecule has 2 aliphatic heterocycles. The van der Waals surface area contributed by atoms with Gasteiger partial charge in [-0.1, -0.05) is 251 Å². The molecule has 11 rings (SSSR count). The summed E-state index contributed by atoms with van der Waals surface area (Å²) in [4.78, 5) is 0. The van der Waals surface area contributed by atoms with Crippen LogP contribution >= 0.6 is 11.8 Å². The van der Waals surface area contributed by atoms with E-state index in [2.05, 4.69) is 127 Å². The summed E-state index contributed by atoms with van der Waals surface area (Å²) in [5.41, 5.74) is 6.89. The van der Waals surface area contributed by atoms with Crippen molar-refractivity contribution in [1.82, 2.24) is 0 Å². The molecule has 4 aliphatic rings. The Hall–Kier alpha value is -5.51. The Morgan fingerprint density at radius 3 is 0.988 bits per heavy atom. The van der Waals surface area contributed by atoms with Gasteiger partial charge < -0.3 is 47.4 Å². The van der Waals surface area contributed by atoms with E-state index in [0.717, 1.165) is 38.9 Å². The first-order valence-electron chi connectivity index (χ1n) is 31.3. The topological polar surface area (TPSA) is 92.3 Å². The number of benzene rings is 7. The van der Waals surface area contributed by atoms with Crippen molar-refractivity contribution in [2.45, 2.75) is 176 Å². The Bertz CT molecular complexity index is 2880. The Morgan fingerprint density at radius 1 is 0.306 bits per heavy atom. The van der Waals surface area contributed by atoms with E-state index in [4.69, 9.17) is 47.4 Å². The highest BCUT2D eigenvalue weighted by Gasteiger charge is 2.53. The molecule has 0 N–H and O–H groups in total. The van der Waals surface area contributed by atoms with Gasteiger partial charge in [-0.3, -0.25) is 0 Å². The van der Waals surface area contributed by atoms with Gasteiger partial charge in [0.1, 0.15) is 54.3 Å². The van der Waals surface area contributed by atoms with Gasteiger partial charge in [0.15, 0.2) is 6.29 Å². The van der Waals surface area contributed by atoms with Crippen LogP contribution in [-0.2, 0) is 93.6 Å². The van der Waals surface area contributed by atoms with Gasteiger partial charge in [-0.05, 0) is 76.5 Å². The summed E-state index contributed by atoms with van der Waals surface area (Å²) >= 11 is 2.00. The van der Waals surface area contributed by atoms with Crippen molar-refractivity contribution >= 4 is 11.8 Å². The SMILES string of the molecule is c1ccc(COC[C@H]2O[C@H](OC[C@H]3O[C@H](SC(C4CCCCC4)C4CCCCC4)[C@H](OCc4ccccc4)[C@@H](OCc4ccccc4)[C@@H]3OCc3ccccc3)[C@H](OCc3ccccc3)[C@@H](OCc3ccccc3)[C@@H]2OCc2ccccc2)cc1. The predicted molar refractivity (Wildman–Crippen MR) is 334 cm³/mol. The second-order valence-corrected chi connectivity index (χ2v) is 24.7. The Labute approximate surface area is 509 Å². The molecule has 7 aromatic carbocycles. The molecule has 10 atom stereocenters. The third-order valence-corrected chi connectivity index (χ3v) is 19.0. The average Bonchev–Trinajstić information content (AvgIpc) is 3.75. The zero-order chi connectivity index (χ0) is 57.5. The summed E-state index contributed by atoms with van der Waals surface area (Å²) in [7, 11) is 0. The van der Waals surface area contributed by atoms with Crippen LogP contribution in [0.4, 0.5) is 0 Å². The van der Waals surface area contributed by atoms with Crippen LogP contribution in [0.5, 0.6) is 0 Å². The summed E-state index contributed by atoms with van der Waals surface area (Å²) in [6.45, 7) is 2.65. The molecule has 11 heteroatoms. The molecule has 2 saturated heterocycles. The zero-order valence-electron chi connectivity index (χ0n) is 49.1. The normalized spacial score (nSPS) is 25.0. The maximum Gasteiger partial charge on any atom is 0.187 e. The van der Waals surface area contributed by atoms with Crippen LogP contribution in [0.15, 0.2) is 212 Å². The summed E-state index contributed by atoms with van der Waals surface area (Å²) in [5, 5.41) is 0.399.